The summed E-state index contributed by atoms with van der Waals surface area (Å²) in [6.07, 6.45) is 3.63. The van der Waals surface area contributed by atoms with Crippen LogP contribution in [0.1, 0.15) is 20.8 Å². The lowest BCUT2D eigenvalue weighted by Gasteiger charge is -2.13. The zero-order chi connectivity index (χ0) is 8.91. The van der Waals surface area contributed by atoms with E-state index in [1.54, 1.807) is 19.9 Å². The van der Waals surface area contributed by atoms with E-state index in [2.05, 4.69) is 15.9 Å². The molecule has 0 aromatic carbocycles. The maximum absolute atomic E-state index is 11.0. The Morgan fingerprint density at radius 3 is 2.55 bits per heavy atom. The minimum absolute atomic E-state index is 0.240. The first-order valence-corrected chi connectivity index (χ1v) is 4.25. The molecule has 0 amide bonds. The zero-order valence-corrected chi connectivity index (χ0v) is 8.64. The molecule has 0 radical (unpaired) electrons. The van der Waals surface area contributed by atoms with Crippen LogP contribution in [-0.4, -0.2) is 16.9 Å². The Morgan fingerprint density at radius 1 is 1.64 bits per heavy atom. The molecule has 64 valence electrons. The van der Waals surface area contributed by atoms with Crippen molar-refractivity contribution in [2.45, 2.75) is 25.1 Å². The molecule has 3 heteroatoms. The summed E-state index contributed by atoms with van der Waals surface area (Å²) in [6.45, 7) is 5.74. The van der Waals surface area contributed by atoms with Gasteiger partial charge in [-0.15, -0.1) is 0 Å². The van der Waals surface area contributed by atoms with Crippen molar-refractivity contribution < 1.29 is 9.53 Å². The lowest BCUT2D eigenvalue weighted by molar-refractivity contribution is -0.144. The monoisotopic (exact) mass is 220 g/mol. The Bertz CT molecular complexity index is 156. The van der Waals surface area contributed by atoms with Gasteiger partial charge in [-0.1, -0.05) is 28.1 Å². The molecule has 0 bridgehead atoms. The van der Waals surface area contributed by atoms with E-state index >= 15 is 0 Å². The molecule has 0 aliphatic carbocycles. The zero-order valence-electron chi connectivity index (χ0n) is 7.06. The van der Waals surface area contributed by atoms with E-state index in [0.717, 1.165) is 0 Å². The minimum atomic E-state index is -0.575. The SMILES string of the molecule is C/C=C/COC(=O)C(C)(C)Br. The van der Waals surface area contributed by atoms with Crippen LogP contribution < -0.4 is 0 Å². The number of hydrogen-bond acceptors (Lipinski definition) is 2. The molecular formula is C8H13BrO2. The van der Waals surface area contributed by atoms with Gasteiger partial charge in [-0.3, -0.25) is 4.79 Å². The highest BCUT2D eigenvalue weighted by Gasteiger charge is 2.24. The number of carbonyl (C=O) groups is 1. The number of halogens is 1. The highest BCUT2D eigenvalue weighted by molar-refractivity contribution is 9.10. The number of carbonyl (C=O) groups excluding carboxylic acids is 1. The molecule has 0 aliphatic rings. The maximum Gasteiger partial charge on any atom is 0.322 e. The molecule has 0 spiro atoms. The van der Waals surface area contributed by atoms with E-state index < -0.39 is 4.32 Å². The first-order valence-electron chi connectivity index (χ1n) is 3.45. The fourth-order valence-electron chi connectivity index (χ4n) is 0.392. The molecule has 0 aliphatic heterocycles. The van der Waals surface area contributed by atoms with Crippen LogP contribution in [0.2, 0.25) is 0 Å². The van der Waals surface area contributed by atoms with Gasteiger partial charge in [0, 0.05) is 0 Å². The van der Waals surface area contributed by atoms with Gasteiger partial charge < -0.3 is 4.74 Å². The third-order valence-corrected chi connectivity index (χ3v) is 1.36. The van der Waals surface area contributed by atoms with Crippen molar-refractivity contribution in [1.82, 2.24) is 0 Å². The van der Waals surface area contributed by atoms with E-state index in [9.17, 15) is 4.79 Å². The predicted octanol–water partition coefficient (Wildman–Crippen LogP) is 2.28. The van der Waals surface area contributed by atoms with E-state index in [-0.39, 0.29) is 5.97 Å². The molecular weight excluding hydrogens is 208 g/mol. The second kappa shape index (κ2) is 4.54. The Labute approximate surface area is 75.7 Å². The summed E-state index contributed by atoms with van der Waals surface area (Å²) < 4.78 is 4.30. The topological polar surface area (TPSA) is 26.3 Å². The molecule has 0 N–H and O–H groups in total. The van der Waals surface area contributed by atoms with Crippen molar-refractivity contribution in [2.75, 3.05) is 6.61 Å². The first-order chi connectivity index (χ1) is 4.98. The lowest BCUT2D eigenvalue weighted by atomic mass is 10.2. The highest BCUT2D eigenvalue weighted by Crippen LogP contribution is 2.17. The molecule has 11 heavy (non-hydrogen) atoms. The molecule has 0 heterocycles. The fraction of sp³-hybridized carbons (Fsp3) is 0.625. The standard InChI is InChI=1S/C8H13BrO2/c1-4-5-6-11-7(10)8(2,3)9/h4-5H,6H2,1-3H3/b5-4+. The van der Waals surface area contributed by atoms with Gasteiger partial charge in [-0.05, 0) is 20.8 Å². The molecule has 0 atom stereocenters. The molecule has 0 aromatic rings. The van der Waals surface area contributed by atoms with Crippen LogP contribution >= 0.6 is 15.9 Å². The number of hydrogen-bond donors (Lipinski definition) is 0. The van der Waals surface area contributed by atoms with Gasteiger partial charge in [-0.25, -0.2) is 0 Å². The van der Waals surface area contributed by atoms with Crippen molar-refractivity contribution in [3.05, 3.63) is 12.2 Å². The molecule has 0 saturated heterocycles. The number of allylic oxidation sites excluding steroid dienone is 1. The van der Waals surface area contributed by atoms with Crippen molar-refractivity contribution in [3.63, 3.8) is 0 Å². The van der Waals surface area contributed by atoms with Gasteiger partial charge in [0.1, 0.15) is 10.9 Å². The van der Waals surface area contributed by atoms with Gasteiger partial charge in [0.25, 0.3) is 0 Å². The Balaban J connectivity index is 3.71. The van der Waals surface area contributed by atoms with Crippen molar-refractivity contribution >= 4 is 21.9 Å². The van der Waals surface area contributed by atoms with Crippen molar-refractivity contribution in [3.8, 4) is 0 Å². The molecule has 0 unspecified atom stereocenters. The van der Waals surface area contributed by atoms with Crippen LogP contribution in [0, 0.1) is 0 Å². The van der Waals surface area contributed by atoms with Crippen molar-refractivity contribution in [1.29, 1.82) is 0 Å². The van der Waals surface area contributed by atoms with Gasteiger partial charge >= 0.3 is 5.97 Å². The summed E-state index contributed by atoms with van der Waals surface area (Å²) in [5.41, 5.74) is 0. The smallest absolute Gasteiger partial charge is 0.322 e. The first kappa shape index (κ1) is 10.7. The Morgan fingerprint density at radius 2 is 2.18 bits per heavy atom. The Hall–Kier alpha value is -0.310. The molecule has 0 aromatic heterocycles. The van der Waals surface area contributed by atoms with Crippen LogP contribution in [-0.2, 0) is 9.53 Å². The van der Waals surface area contributed by atoms with Crippen LogP contribution in [0.5, 0.6) is 0 Å². The van der Waals surface area contributed by atoms with E-state index in [4.69, 9.17) is 4.74 Å². The van der Waals surface area contributed by atoms with E-state index in [1.807, 2.05) is 13.0 Å². The summed E-state index contributed by atoms with van der Waals surface area (Å²) in [4.78, 5) is 11.0. The average molecular weight is 221 g/mol. The van der Waals surface area contributed by atoms with Gasteiger partial charge in [0.2, 0.25) is 0 Å². The predicted molar refractivity (Wildman–Crippen MR) is 48.8 cm³/mol. The van der Waals surface area contributed by atoms with Crippen LogP contribution in [0.25, 0.3) is 0 Å². The van der Waals surface area contributed by atoms with E-state index in [1.165, 1.54) is 0 Å². The number of alkyl halides is 1. The quantitative estimate of drug-likeness (QED) is 0.415. The summed E-state index contributed by atoms with van der Waals surface area (Å²) in [7, 11) is 0. The van der Waals surface area contributed by atoms with Gasteiger partial charge in [0.15, 0.2) is 0 Å². The van der Waals surface area contributed by atoms with Gasteiger partial charge in [0.05, 0.1) is 0 Å². The third kappa shape index (κ3) is 5.01. The lowest BCUT2D eigenvalue weighted by Crippen LogP contribution is -2.26. The van der Waals surface area contributed by atoms with Gasteiger partial charge in [-0.2, -0.15) is 0 Å². The van der Waals surface area contributed by atoms with E-state index in [0.29, 0.717) is 6.61 Å². The van der Waals surface area contributed by atoms with Crippen molar-refractivity contribution in [2.24, 2.45) is 0 Å². The Kier molecular flexibility index (Phi) is 4.42. The number of ether oxygens (including phenoxy) is 1. The molecule has 0 saturated carbocycles. The molecule has 0 rings (SSSR count). The number of esters is 1. The second-order valence-corrected chi connectivity index (χ2v) is 4.62. The fourth-order valence-corrected chi connectivity index (χ4v) is 0.506. The summed E-state index contributed by atoms with van der Waals surface area (Å²) >= 11 is 3.20. The highest BCUT2D eigenvalue weighted by atomic mass is 79.9. The average Bonchev–Trinajstić information content (AvgIpc) is 1.86. The van der Waals surface area contributed by atoms with Crippen LogP contribution in [0.15, 0.2) is 12.2 Å². The summed E-state index contributed by atoms with van der Waals surface area (Å²) in [5.74, 6) is -0.240. The normalized spacial score (nSPS) is 12.0. The number of rotatable bonds is 3. The molecule has 0 fully saturated rings. The minimum Gasteiger partial charge on any atom is -0.460 e. The summed E-state index contributed by atoms with van der Waals surface area (Å²) in [5, 5.41) is 0. The second-order valence-electron chi connectivity index (χ2n) is 2.64. The molecule has 2 nitrogen and oxygen atoms in total. The van der Waals surface area contributed by atoms with Crippen LogP contribution in [0.3, 0.4) is 0 Å². The summed E-state index contributed by atoms with van der Waals surface area (Å²) in [6, 6.07) is 0. The largest absolute Gasteiger partial charge is 0.460 e. The third-order valence-electron chi connectivity index (χ3n) is 1.03. The van der Waals surface area contributed by atoms with Crippen LogP contribution in [0.4, 0.5) is 0 Å². The maximum atomic E-state index is 11.0.